The lowest BCUT2D eigenvalue weighted by molar-refractivity contribution is -0.121. The first kappa shape index (κ1) is 25.1. The molecule has 0 aliphatic heterocycles. The van der Waals surface area contributed by atoms with E-state index in [-0.39, 0.29) is 5.41 Å². The van der Waals surface area contributed by atoms with Crippen LogP contribution in [0.3, 0.4) is 0 Å². The quantitative estimate of drug-likeness (QED) is 0.442. The van der Waals surface area contributed by atoms with Crippen LogP contribution >= 0.6 is 0 Å². The van der Waals surface area contributed by atoms with E-state index in [1.54, 1.807) is 13.3 Å². The summed E-state index contributed by atoms with van der Waals surface area (Å²) in [6.07, 6.45) is 11.5. The standard InChI is InChI=1S/C30H38N6O2/c1-38-26-5-3-2-4-20(26)16-32-29-33-17-23(15-31)28(36-29)34-18-30-12-19-10-21(13-30)27(22(11-19)14-30)35-24-6-8-25(37)9-7-24/h2-5,17,19,21-22,24,27,35H,6-14,16,18H2,1H3,(H2,32,33,34,36)/t19?,21-,22+,27+,30-. The number of anilines is 2. The maximum absolute atomic E-state index is 11.7. The zero-order valence-electron chi connectivity index (χ0n) is 22.2. The Morgan fingerprint density at radius 1 is 1.11 bits per heavy atom. The van der Waals surface area contributed by atoms with Crippen LogP contribution in [0.1, 0.15) is 68.9 Å². The number of Topliss-reactive ketones (excluding diaryl/α,β-unsaturated/α-hetero) is 1. The number of benzene rings is 1. The Labute approximate surface area is 225 Å². The van der Waals surface area contributed by atoms with Crippen molar-refractivity contribution >= 4 is 17.5 Å². The lowest BCUT2D eigenvalue weighted by Crippen LogP contribution is -2.61. The van der Waals surface area contributed by atoms with Crippen LogP contribution < -0.4 is 20.7 Å². The summed E-state index contributed by atoms with van der Waals surface area (Å²) in [7, 11) is 1.67. The SMILES string of the molecule is COc1ccccc1CNc1ncc(C#N)c(NC[C@]23CC4C[C@H](C2)[C@H](NC2CCC(=O)CC2)[C@@H](C4)C3)n1. The highest BCUT2D eigenvalue weighted by molar-refractivity contribution is 5.79. The van der Waals surface area contributed by atoms with Gasteiger partial charge in [-0.15, -0.1) is 0 Å². The van der Waals surface area contributed by atoms with Gasteiger partial charge in [0.05, 0.1) is 13.3 Å². The Morgan fingerprint density at radius 3 is 2.61 bits per heavy atom. The Balaban J connectivity index is 1.11. The van der Waals surface area contributed by atoms with Crippen LogP contribution in [0.25, 0.3) is 0 Å². The van der Waals surface area contributed by atoms with Crippen molar-refractivity contribution in [2.75, 3.05) is 24.3 Å². The molecule has 0 saturated heterocycles. The fourth-order valence-electron chi connectivity index (χ4n) is 8.04. The molecule has 4 bridgehead atoms. The molecule has 1 heterocycles. The van der Waals surface area contributed by atoms with Gasteiger partial charge in [0.2, 0.25) is 5.95 Å². The largest absolute Gasteiger partial charge is 0.496 e. The van der Waals surface area contributed by atoms with Crippen molar-refractivity contribution in [1.29, 1.82) is 5.26 Å². The van der Waals surface area contributed by atoms with Crippen LogP contribution in [0.2, 0.25) is 0 Å². The van der Waals surface area contributed by atoms with Gasteiger partial charge in [0.15, 0.2) is 0 Å². The van der Waals surface area contributed by atoms with Gasteiger partial charge in [-0.1, -0.05) is 18.2 Å². The number of carbonyl (C=O) groups excluding carboxylic acids is 1. The normalized spacial score (nSPS) is 30.2. The third-order valence-electron chi connectivity index (χ3n) is 9.54. The number of nitrogens with zero attached hydrogens (tertiary/aromatic N) is 3. The van der Waals surface area contributed by atoms with E-state index in [0.29, 0.717) is 53.6 Å². The number of carbonyl (C=O) groups is 1. The fourth-order valence-corrected chi connectivity index (χ4v) is 8.04. The summed E-state index contributed by atoms with van der Waals surface area (Å²) in [6, 6.07) is 11.2. The van der Waals surface area contributed by atoms with Gasteiger partial charge in [-0.3, -0.25) is 4.79 Å². The third kappa shape index (κ3) is 5.09. The average Bonchev–Trinajstić information content (AvgIpc) is 2.93. The lowest BCUT2D eigenvalue weighted by atomic mass is 9.47. The van der Waals surface area contributed by atoms with Gasteiger partial charge in [-0.05, 0) is 74.2 Å². The highest BCUT2D eigenvalue weighted by Gasteiger charge is 2.55. The molecule has 0 spiro atoms. The van der Waals surface area contributed by atoms with E-state index in [9.17, 15) is 10.1 Å². The first-order valence-electron chi connectivity index (χ1n) is 14.2. The second-order valence-electron chi connectivity index (χ2n) is 12.1. The van der Waals surface area contributed by atoms with Crippen molar-refractivity contribution in [2.24, 2.45) is 23.2 Å². The Bertz CT molecular complexity index is 1200. The van der Waals surface area contributed by atoms with Crippen molar-refractivity contribution in [3.05, 3.63) is 41.6 Å². The second-order valence-corrected chi connectivity index (χ2v) is 12.1. The van der Waals surface area contributed by atoms with E-state index in [4.69, 9.17) is 9.72 Å². The molecule has 5 aliphatic rings. The summed E-state index contributed by atoms with van der Waals surface area (Å²) in [5.74, 6) is 4.58. The Hall–Kier alpha value is -3.18. The number of para-hydroxylation sites is 1. The number of nitriles is 1. The number of nitrogens with one attached hydrogen (secondary N) is 3. The number of methoxy groups -OCH3 is 1. The molecule has 5 aliphatic carbocycles. The number of ether oxygens (including phenoxy) is 1. The van der Waals surface area contributed by atoms with Crippen LogP contribution in [0.15, 0.2) is 30.5 Å². The van der Waals surface area contributed by atoms with Crippen LogP contribution in [0.5, 0.6) is 5.75 Å². The molecule has 1 aromatic carbocycles. The van der Waals surface area contributed by atoms with Gasteiger partial charge < -0.3 is 20.7 Å². The van der Waals surface area contributed by atoms with E-state index >= 15 is 0 Å². The van der Waals surface area contributed by atoms with Crippen LogP contribution in [0.4, 0.5) is 11.8 Å². The van der Waals surface area contributed by atoms with Crippen LogP contribution in [-0.4, -0.2) is 41.5 Å². The van der Waals surface area contributed by atoms with E-state index in [2.05, 4.69) is 27.0 Å². The number of hydrogen-bond acceptors (Lipinski definition) is 8. The molecule has 3 N–H and O–H groups in total. The second kappa shape index (κ2) is 10.5. The van der Waals surface area contributed by atoms with Gasteiger partial charge in [0.1, 0.15) is 29.0 Å². The summed E-state index contributed by atoms with van der Waals surface area (Å²) < 4.78 is 5.45. The van der Waals surface area contributed by atoms with Crippen molar-refractivity contribution in [3.8, 4) is 11.8 Å². The Kier molecular flexibility index (Phi) is 6.96. The number of ketones is 1. The highest BCUT2D eigenvalue weighted by Crippen LogP contribution is 2.60. The summed E-state index contributed by atoms with van der Waals surface area (Å²) in [5.41, 5.74) is 1.76. The number of rotatable bonds is 9. The molecule has 5 atom stereocenters. The van der Waals surface area contributed by atoms with Crippen molar-refractivity contribution in [2.45, 2.75) is 76.4 Å². The van der Waals surface area contributed by atoms with Crippen molar-refractivity contribution in [1.82, 2.24) is 15.3 Å². The first-order valence-corrected chi connectivity index (χ1v) is 14.2. The predicted octanol–water partition coefficient (Wildman–Crippen LogP) is 4.68. The summed E-state index contributed by atoms with van der Waals surface area (Å²) >= 11 is 0. The van der Waals surface area contributed by atoms with E-state index in [0.717, 1.165) is 49.5 Å². The minimum atomic E-state index is 0.264. The zero-order chi connectivity index (χ0) is 26.1. The van der Waals surface area contributed by atoms with Gasteiger partial charge in [0, 0.05) is 43.6 Å². The molecule has 0 radical (unpaired) electrons. The number of aromatic nitrogens is 2. The highest BCUT2D eigenvalue weighted by atomic mass is 16.5. The van der Waals surface area contributed by atoms with E-state index in [1.165, 1.54) is 32.1 Å². The first-order chi connectivity index (χ1) is 18.5. The maximum Gasteiger partial charge on any atom is 0.224 e. The maximum atomic E-state index is 11.7. The molecule has 1 unspecified atom stereocenters. The average molecular weight is 515 g/mol. The molecule has 1 aromatic heterocycles. The molecule has 38 heavy (non-hydrogen) atoms. The van der Waals surface area contributed by atoms with Crippen molar-refractivity contribution in [3.63, 3.8) is 0 Å². The molecule has 0 amide bonds. The van der Waals surface area contributed by atoms with Gasteiger partial charge >= 0.3 is 0 Å². The van der Waals surface area contributed by atoms with E-state index < -0.39 is 0 Å². The molecule has 200 valence electrons. The zero-order valence-corrected chi connectivity index (χ0v) is 22.2. The lowest BCUT2D eigenvalue weighted by Gasteiger charge is -2.61. The molecule has 8 heteroatoms. The minimum absolute atomic E-state index is 0.264. The fraction of sp³-hybridized carbons (Fsp3) is 0.600. The van der Waals surface area contributed by atoms with Crippen molar-refractivity contribution < 1.29 is 9.53 Å². The summed E-state index contributed by atoms with van der Waals surface area (Å²) in [6.45, 7) is 1.38. The van der Waals surface area contributed by atoms with Gasteiger partial charge in [0.25, 0.3) is 0 Å². The predicted molar refractivity (Wildman–Crippen MR) is 146 cm³/mol. The van der Waals surface area contributed by atoms with Gasteiger partial charge in [-0.25, -0.2) is 4.98 Å². The Morgan fingerprint density at radius 2 is 1.87 bits per heavy atom. The summed E-state index contributed by atoms with van der Waals surface area (Å²) in [5, 5.41) is 20.6. The van der Waals surface area contributed by atoms with Crippen LogP contribution in [-0.2, 0) is 11.3 Å². The molecular formula is C30H38N6O2. The summed E-state index contributed by atoms with van der Waals surface area (Å²) in [4.78, 5) is 20.8. The molecular weight excluding hydrogens is 476 g/mol. The smallest absolute Gasteiger partial charge is 0.224 e. The molecule has 7 rings (SSSR count). The van der Waals surface area contributed by atoms with Gasteiger partial charge in [-0.2, -0.15) is 10.2 Å². The third-order valence-corrected chi connectivity index (χ3v) is 9.54. The topological polar surface area (TPSA) is 112 Å². The van der Waals surface area contributed by atoms with E-state index in [1.807, 2.05) is 24.3 Å². The molecule has 5 saturated carbocycles. The molecule has 8 nitrogen and oxygen atoms in total. The number of hydrogen-bond donors (Lipinski definition) is 3. The minimum Gasteiger partial charge on any atom is -0.496 e. The monoisotopic (exact) mass is 514 g/mol. The molecule has 5 fully saturated rings. The van der Waals surface area contributed by atoms with Crippen LogP contribution in [0, 0.1) is 34.5 Å². The molecule has 2 aromatic rings.